The fourth-order valence-corrected chi connectivity index (χ4v) is 2.17. The molecule has 19 heavy (non-hydrogen) atoms. The van der Waals surface area contributed by atoms with Gasteiger partial charge in [0.05, 0.1) is 33.3 Å². The molecule has 3 nitrogen and oxygen atoms in total. The summed E-state index contributed by atoms with van der Waals surface area (Å²) in [5.41, 5.74) is 1.05. The van der Waals surface area contributed by atoms with Crippen LogP contribution in [0.5, 0.6) is 0 Å². The fourth-order valence-electron chi connectivity index (χ4n) is 2.17. The Balaban J connectivity index is 2.97. The van der Waals surface area contributed by atoms with Crippen molar-refractivity contribution in [3.8, 4) is 0 Å². The number of carbonyl (C=O) groups excluding carboxylic acids is 1. The molecular weight excluding hydrogens is 238 g/mol. The SMILES string of the molecule is CCOC(=O)C(C[N+](C)(CC)CC)c1ccccc1. The first-order valence-corrected chi connectivity index (χ1v) is 7.11. The molecule has 0 heterocycles. The van der Waals surface area contributed by atoms with E-state index in [1.165, 1.54) is 0 Å². The summed E-state index contributed by atoms with van der Waals surface area (Å²) in [6, 6.07) is 9.95. The molecule has 0 aliphatic heterocycles. The van der Waals surface area contributed by atoms with Crippen LogP contribution in [0.3, 0.4) is 0 Å². The molecule has 0 spiro atoms. The molecule has 0 N–H and O–H groups in total. The summed E-state index contributed by atoms with van der Waals surface area (Å²) in [4.78, 5) is 12.2. The Morgan fingerprint density at radius 1 is 1.16 bits per heavy atom. The number of benzene rings is 1. The third kappa shape index (κ3) is 4.35. The second kappa shape index (κ2) is 7.29. The number of rotatable bonds is 7. The average molecular weight is 264 g/mol. The summed E-state index contributed by atoms with van der Waals surface area (Å²) < 4.78 is 6.12. The van der Waals surface area contributed by atoms with E-state index >= 15 is 0 Å². The van der Waals surface area contributed by atoms with Crippen LogP contribution in [0.15, 0.2) is 30.3 Å². The number of hydrogen-bond acceptors (Lipinski definition) is 2. The first kappa shape index (κ1) is 15.7. The zero-order valence-corrected chi connectivity index (χ0v) is 12.6. The van der Waals surface area contributed by atoms with E-state index in [9.17, 15) is 4.79 Å². The first-order chi connectivity index (χ1) is 9.06. The molecule has 0 aromatic heterocycles. The maximum absolute atomic E-state index is 12.2. The molecule has 3 heteroatoms. The Morgan fingerprint density at radius 2 is 1.74 bits per heavy atom. The van der Waals surface area contributed by atoms with Gasteiger partial charge in [0.1, 0.15) is 5.92 Å². The Kier molecular flexibility index (Phi) is 6.03. The lowest BCUT2D eigenvalue weighted by molar-refractivity contribution is -0.906. The molecule has 0 saturated heterocycles. The van der Waals surface area contributed by atoms with E-state index in [1.807, 2.05) is 37.3 Å². The molecular formula is C16H26NO2+. The lowest BCUT2D eigenvalue weighted by Gasteiger charge is -2.35. The number of carbonyl (C=O) groups is 1. The molecule has 1 rings (SSSR count). The van der Waals surface area contributed by atoms with Crippen molar-refractivity contribution in [3.63, 3.8) is 0 Å². The number of likely N-dealkylation sites (N-methyl/N-ethyl adjacent to an activating group) is 1. The number of ether oxygens (including phenoxy) is 1. The van der Waals surface area contributed by atoms with Gasteiger partial charge in [0, 0.05) is 0 Å². The molecule has 0 bridgehead atoms. The van der Waals surface area contributed by atoms with Crippen LogP contribution in [-0.4, -0.2) is 43.7 Å². The van der Waals surface area contributed by atoms with Crippen LogP contribution in [0.25, 0.3) is 0 Å². The van der Waals surface area contributed by atoms with Crippen molar-refractivity contribution >= 4 is 5.97 Å². The normalized spacial score (nSPS) is 13.1. The van der Waals surface area contributed by atoms with Crippen LogP contribution in [0.4, 0.5) is 0 Å². The molecule has 0 radical (unpaired) electrons. The minimum absolute atomic E-state index is 0.111. The molecule has 0 saturated carbocycles. The summed E-state index contributed by atoms with van der Waals surface area (Å²) >= 11 is 0. The molecule has 0 amide bonds. The first-order valence-electron chi connectivity index (χ1n) is 7.11. The predicted octanol–water partition coefficient (Wildman–Crippen LogP) is 2.82. The monoisotopic (exact) mass is 264 g/mol. The van der Waals surface area contributed by atoms with Gasteiger partial charge in [-0.05, 0) is 26.3 Å². The van der Waals surface area contributed by atoms with E-state index in [4.69, 9.17) is 4.74 Å². The number of hydrogen-bond donors (Lipinski definition) is 0. The van der Waals surface area contributed by atoms with Gasteiger partial charge in [-0.15, -0.1) is 0 Å². The zero-order valence-electron chi connectivity index (χ0n) is 12.6. The Morgan fingerprint density at radius 3 is 2.21 bits per heavy atom. The minimum atomic E-state index is -0.175. The highest BCUT2D eigenvalue weighted by atomic mass is 16.5. The van der Waals surface area contributed by atoms with E-state index in [1.54, 1.807) is 0 Å². The lowest BCUT2D eigenvalue weighted by Crippen LogP contribution is -2.47. The molecule has 0 fully saturated rings. The Bertz CT molecular complexity index is 385. The molecule has 1 atom stereocenters. The largest absolute Gasteiger partial charge is 0.465 e. The van der Waals surface area contributed by atoms with Crippen LogP contribution in [0.2, 0.25) is 0 Å². The molecule has 0 aliphatic rings. The maximum atomic E-state index is 12.2. The van der Waals surface area contributed by atoms with Crippen LogP contribution >= 0.6 is 0 Å². The van der Waals surface area contributed by atoms with Crippen LogP contribution < -0.4 is 0 Å². The maximum Gasteiger partial charge on any atom is 0.319 e. The highest BCUT2D eigenvalue weighted by molar-refractivity contribution is 5.78. The predicted molar refractivity (Wildman–Crippen MR) is 77.9 cm³/mol. The third-order valence-corrected chi connectivity index (χ3v) is 3.92. The van der Waals surface area contributed by atoms with Gasteiger partial charge >= 0.3 is 5.97 Å². The standard InChI is InChI=1S/C16H26NO2/c1-5-17(4,6-2)13-15(16(18)19-7-3)14-11-9-8-10-12-14/h8-12,15H,5-7,13H2,1-4H3/q+1. The van der Waals surface area contributed by atoms with Gasteiger partial charge in [-0.3, -0.25) is 4.79 Å². The third-order valence-electron chi connectivity index (χ3n) is 3.92. The van der Waals surface area contributed by atoms with Crippen molar-refractivity contribution in [2.45, 2.75) is 26.7 Å². The molecule has 1 unspecified atom stereocenters. The van der Waals surface area contributed by atoms with Gasteiger partial charge in [0.25, 0.3) is 0 Å². The van der Waals surface area contributed by atoms with Gasteiger partial charge in [-0.2, -0.15) is 0 Å². The Hall–Kier alpha value is -1.35. The van der Waals surface area contributed by atoms with Crippen LogP contribution in [-0.2, 0) is 9.53 Å². The second-order valence-corrected chi connectivity index (χ2v) is 5.15. The molecule has 1 aromatic rings. The van der Waals surface area contributed by atoms with Crippen molar-refractivity contribution in [1.82, 2.24) is 0 Å². The summed E-state index contributed by atoms with van der Waals surface area (Å²) in [5.74, 6) is -0.286. The topological polar surface area (TPSA) is 26.3 Å². The van der Waals surface area contributed by atoms with E-state index in [0.717, 1.165) is 29.7 Å². The van der Waals surface area contributed by atoms with E-state index < -0.39 is 0 Å². The molecule has 0 aliphatic carbocycles. The number of nitrogens with zero attached hydrogens (tertiary/aromatic N) is 1. The van der Waals surface area contributed by atoms with Crippen molar-refractivity contribution in [3.05, 3.63) is 35.9 Å². The van der Waals surface area contributed by atoms with Gasteiger partial charge in [-0.25, -0.2) is 0 Å². The summed E-state index contributed by atoms with van der Waals surface area (Å²) in [7, 11) is 2.19. The van der Waals surface area contributed by atoms with Gasteiger partial charge in [-0.1, -0.05) is 30.3 Å². The zero-order chi connectivity index (χ0) is 14.3. The van der Waals surface area contributed by atoms with Crippen molar-refractivity contribution in [2.75, 3.05) is 33.3 Å². The number of quaternary nitrogens is 1. The van der Waals surface area contributed by atoms with Crippen molar-refractivity contribution in [1.29, 1.82) is 0 Å². The molecule has 1 aromatic carbocycles. The van der Waals surface area contributed by atoms with E-state index in [-0.39, 0.29) is 11.9 Å². The summed E-state index contributed by atoms with van der Waals surface area (Å²) in [5, 5.41) is 0. The van der Waals surface area contributed by atoms with Crippen molar-refractivity contribution < 1.29 is 14.0 Å². The number of esters is 1. The molecule has 106 valence electrons. The summed E-state index contributed by atoms with van der Waals surface area (Å²) in [6.07, 6.45) is 0. The highest BCUT2D eigenvalue weighted by Crippen LogP contribution is 2.21. The van der Waals surface area contributed by atoms with E-state index in [0.29, 0.717) is 6.61 Å². The summed E-state index contributed by atoms with van der Waals surface area (Å²) in [6.45, 7) is 9.43. The average Bonchev–Trinajstić information content (AvgIpc) is 2.45. The minimum Gasteiger partial charge on any atom is -0.465 e. The van der Waals surface area contributed by atoms with Gasteiger partial charge in [0.15, 0.2) is 0 Å². The van der Waals surface area contributed by atoms with Crippen LogP contribution in [0, 0.1) is 0 Å². The van der Waals surface area contributed by atoms with Crippen molar-refractivity contribution in [2.24, 2.45) is 0 Å². The second-order valence-electron chi connectivity index (χ2n) is 5.15. The smallest absolute Gasteiger partial charge is 0.319 e. The lowest BCUT2D eigenvalue weighted by atomic mass is 9.97. The Labute approximate surface area is 116 Å². The quantitative estimate of drug-likeness (QED) is 0.559. The van der Waals surface area contributed by atoms with E-state index in [2.05, 4.69) is 20.9 Å². The van der Waals surface area contributed by atoms with Crippen LogP contribution in [0.1, 0.15) is 32.3 Å². The fraction of sp³-hybridized carbons (Fsp3) is 0.562. The van der Waals surface area contributed by atoms with Gasteiger partial charge in [0.2, 0.25) is 0 Å². The highest BCUT2D eigenvalue weighted by Gasteiger charge is 2.30. The van der Waals surface area contributed by atoms with Gasteiger partial charge < -0.3 is 9.22 Å².